The van der Waals surface area contributed by atoms with Gasteiger partial charge in [0.25, 0.3) is 11.8 Å². The van der Waals surface area contributed by atoms with Crippen molar-refractivity contribution in [2.75, 3.05) is 4.90 Å². The number of urea groups is 1. The van der Waals surface area contributed by atoms with Gasteiger partial charge in [-0.3, -0.25) is 14.9 Å². The molecule has 5 aromatic carbocycles. The number of nitrogens with one attached hydrogen (secondary N) is 1. The van der Waals surface area contributed by atoms with E-state index in [1.807, 2.05) is 55.5 Å². The molecule has 0 aliphatic carbocycles. The number of fused-ring (bicyclic) bond motifs is 2. The molecule has 7 heteroatoms. The van der Waals surface area contributed by atoms with Gasteiger partial charge >= 0.3 is 6.03 Å². The number of imide groups is 2. The lowest BCUT2D eigenvalue weighted by Gasteiger charge is -2.28. The van der Waals surface area contributed by atoms with Crippen molar-refractivity contribution in [2.24, 2.45) is 0 Å². The van der Waals surface area contributed by atoms with Gasteiger partial charge in [0, 0.05) is 16.1 Å². The Labute approximate surface area is 241 Å². The number of hydrogen-bond donors (Lipinski definition) is 1. The number of anilines is 1. The largest absolute Gasteiger partial charge is 0.488 e. The molecule has 1 fully saturated rings. The number of rotatable bonds is 5. The molecule has 1 heterocycles. The zero-order valence-electron chi connectivity index (χ0n) is 22.4. The van der Waals surface area contributed by atoms with Crippen molar-refractivity contribution < 1.29 is 19.1 Å². The predicted molar refractivity (Wildman–Crippen MR) is 162 cm³/mol. The summed E-state index contributed by atoms with van der Waals surface area (Å²) in [6.45, 7) is 4.04. The van der Waals surface area contributed by atoms with Crippen LogP contribution in [-0.2, 0) is 16.2 Å². The van der Waals surface area contributed by atoms with Crippen molar-refractivity contribution in [3.05, 3.63) is 124 Å². The Bertz CT molecular complexity index is 1930. The van der Waals surface area contributed by atoms with E-state index in [2.05, 4.69) is 29.6 Å². The van der Waals surface area contributed by atoms with Crippen LogP contribution in [0.2, 0.25) is 5.02 Å². The normalized spacial score (nSPS) is 14.7. The molecule has 5 aromatic rings. The lowest BCUT2D eigenvalue weighted by Crippen LogP contribution is -2.54. The Morgan fingerprint density at radius 3 is 2.27 bits per heavy atom. The second-order valence-electron chi connectivity index (χ2n) is 9.91. The zero-order chi connectivity index (χ0) is 28.7. The molecule has 0 radical (unpaired) electrons. The average Bonchev–Trinajstić information content (AvgIpc) is 2.97. The van der Waals surface area contributed by atoms with Gasteiger partial charge < -0.3 is 4.74 Å². The quantitative estimate of drug-likeness (QED) is 0.178. The molecule has 0 aromatic heterocycles. The number of hydrogen-bond acceptors (Lipinski definition) is 4. The van der Waals surface area contributed by atoms with Crippen LogP contribution < -0.4 is 15.0 Å². The number of carbonyl (C=O) groups is 3. The van der Waals surface area contributed by atoms with Crippen LogP contribution >= 0.6 is 11.6 Å². The first kappa shape index (κ1) is 26.3. The van der Waals surface area contributed by atoms with Gasteiger partial charge in [-0.05, 0) is 70.8 Å². The lowest BCUT2D eigenvalue weighted by atomic mass is 9.99. The minimum atomic E-state index is -0.830. The standard InChI is InChI=1S/C34H25ClN2O4/c1-20-14-15-22-8-4-6-11-25(22)28(20)19-41-31-17-16-23-9-3-5-10-24(23)26(31)18-27-32(38)36-34(40)37(33(27)39)30-13-7-12-29(35)21(30)2/h3-18H,19H2,1-2H3,(H,36,38,40)/b27-18+. The third-order valence-corrected chi connectivity index (χ3v) is 7.86. The SMILES string of the molecule is Cc1ccc2ccccc2c1COc1ccc2ccccc2c1/C=C1\C(=O)NC(=O)N(c2cccc(Cl)c2C)C1=O. The molecule has 4 amide bonds. The summed E-state index contributed by atoms with van der Waals surface area (Å²) >= 11 is 6.27. The third-order valence-electron chi connectivity index (χ3n) is 7.45. The summed E-state index contributed by atoms with van der Waals surface area (Å²) in [7, 11) is 0. The molecule has 0 bridgehead atoms. The minimum Gasteiger partial charge on any atom is -0.488 e. The van der Waals surface area contributed by atoms with Crippen LogP contribution in [0.3, 0.4) is 0 Å². The number of amides is 4. The van der Waals surface area contributed by atoms with E-state index in [4.69, 9.17) is 16.3 Å². The van der Waals surface area contributed by atoms with Crippen molar-refractivity contribution in [1.29, 1.82) is 0 Å². The molecular weight excluding hydrogens is 536 g/mol. The molecule has 6 nitrogen and oxygen atoms in total. The van der Waals surface area contributed by atoms with Crippen LogP contribution in [0.4, 0.5) is 10.5 Å². The molecule has 202 valence electrons. The Hall–Kier alpha value is -4.94. The van der Waals surface area contributed by atoms with Crippen molar-refractivity contribution in [3.8, 4) is 5.75 Å². The minimum absolute atomic E-state index is 0.188. The van der Waals surface area contributed by atoms with Crippen LogP contribution in [0.15, 0.2) is 96.6 Å². The summed E-state index contributed by atoms with van der Waals surface area (Å²) in [6, 6.07) is 27.8. The number of halogens is 1. The Morgan fingerprint density at radius 2 is 1.49 bits per heavy atom. The van der Waals surface area contributed by atoms with Gasteiger partial charge in [-0.2, -0.15) is 0 Å². The monoisotopic (exact) mass is 560 g/mol. The Kier molecular flexibility index (Phi) is 6.77. The molecule has 1 aliphatic rings. The van der Waals surface area contributed by atoms with Gasteiger partial charge in [0.05, 0.1) is 5.69 Å². The second kappa shape index (κ2) is 10.6. The maximum Gasteiger partial charge on any atom is 0.335 e. The van der Waals surface area contributed by atoms with Gasteiger partial charge in [0.2, 0.25) is 0 Å². The lowest BCUT2D eigenvalue weighted by molar-refractivity contribution is -0.122. The predicted octanol–water partition coefficient (Wildman–Crippen LogP) is 7.51. The maximum atomic E-state index is 13.7. The van der Waals surface area contributed by atoms with E-state index in [1.165, 1.54) is 6.08 Å². The molecule has 41 heavy (non-hydrogen) atoms. The number of barbiturate groups is 1. The summed E-state index contributed by atoms with van der Waals surface area (Å²) in [6.07, 6.45) is 1.50. The van der Waals surface area contributed by atoms with Crippen molar-refractivity contribution in [3.63, 3.8) is 0 Å². The molecule has 1 saturated heterocycles. The van der Waals surface area contributed by atoms with Gasteiger partial charge in [0.15, 0.2) is 0 Å². The first-order valence-electron chi connectivity index (χ1n) is 13.1. The van der Waals surface area contributed by atoms with Crippen LogP contribution in [0, 0.1) is 13.8 Å². The molecule has 6 rings (SSSR count). The third kappa shape index (κ3) is 4.72. The van der Waals surface area contributed by atoms with E-state index < -0.39 is 17.8 Å². The molecular formula is C34H25ClN2O4. The van der Waals surface area contributed by atoms with E-state index in [9.17, 15) is 14.4 Å². The fraction of sp³-hybridized carbons (Fsp3) is 0.0882. The Morgan fingerprint density at radius 1 is 0.805 bits per heavy atom. The highest BCUT2D eigenvalue weighted by atomic mass is 35.5. The molecule has 1 aliphatic heterocycles. The first-order valence-corrected chi connectivity index (χ1v) is 13.5. The summed E-state index contributed by atoms with van der Waals surface area (Å²) < 4.78 is 6.41. The van der Waals surface area contributed by atoms with E-state index in [0.717, 1.165) is 37.6 Å². The fourth-order valence-corrected chi connectivity index (χ4v) is 5.37. The van der Waals surface area contributed by atoms with Crippen LogP contribution in [0.5, 0.6) is 5.75 Å². The Balaban J connectivity index is 1.45. The number of aryl methyl sites for hydroxylation is 1. The fourth-order valence-electron chi connectivity index (χ4n) is 5.20. The van der Waals surface area contributed by atoms with Gasteiger partial charge in [-0.15, -0.1) is 0 Å². The topological polar surface area (TPSA) is 75.7 Å². The highest BCUT2D eigenvalue weighted by Gasteiger charge is 2.38. The van der Waals surface area contributed by atoms with E-state index in [-0.39, 0.29) is 12.2 Å². The van der Waals surface area contributed by atoms with E-state index >= 15 is 0 Å². The zero-order valence-corrected chi connectivity index (χ0v) is 23.2. The second-order valence-corrected chi connectivity index (χ2v) is 10.3. The summed E-state index contributed by atoms with van der Waals surface area (Å²) in [5, 5.41) is 6.63. The smallest absolute Gasteiger partial charge is 0.335 e. The molecule has 0 unspecified atom stereocenters. The van der Waals surface area contributed by atoms with Crippen LogP contribution in [0.1, 0.15) is 22.3 Å². The summed E-state index contributed by atoms with van der Waals surface area (Å²) in [4.78, 5) is 40.6. The highest BCUT2D eigenvalue weighted by molar-refractivity contribution is 6.40. The van der Waals surface area contributed by atoms with Crippen molar-refractivity contribution in [1.82, 2.24) is 5.32 Å². The maximum absolute atomic E-state index is 13.7. The average molecular weight is 561 g/mol. The highest BCUT2D eigenvalue weighted by Crippen LogP contribution is 2.34. The van der Waals surface area contributed by atoms with Crippen LogP contribution in [0.25, 0.3) is 27.6 Å². The summed E-state index contributed by atoms with van der Waals surface area (Å²) in [5.41, 5.74) is 3.38. The van der Waals surface area contributed by atoms with Crippen LogP contribution in [-0.4, -0.2) is 17.8 Å². The first-order chi connectivity index (χ1) is 19.8. The van der Waals surface area contributed by atoms with E-state index in [1.54, 1.807) is 25.1 Å². The summed E-state index contributed by atoms with van der Waals surface area (Å²) in [5.74, 6) is -1.01. The molecule has 0 saturated carbocycles. The van der Waals surface area contributed by atoms with Gasteiger partial charge in [0.1, 0.15) is 17.9 Å². The number of ether oxygens (including phenoxy) is 1. The van der Waals surface area contributed by atoms with Gasteiger partial charge in [-0.1, -0.05) is 84.4 Å². The van der Waals surface area contributed by atoms with Crippen molar-refractivity contribution >= 4 is 62.8 Å². The number of carbonyl (C=O) groups excluding carboxylic acids is 3. The van der Waals surface area contributed by atoms with E-state index in [0.29, 0.717) is 27.6 Å². The molecule has 1 N–H and O–H groups in total. The number of nitrogens with zero attached hydrogens (tertiary/aromatic N) is 1. The molecule has 0 atom stereocenters. The number of benzene rings is 5. The van der Waals surface area contributed by atoms with Gasteiger partial charge in [-0.25, -0.2) is 9.69 Å². The van der Waals surface area contributed by atoms with Crippen molar-refractivity contribution in [2.45, 2.75) is 20.5 Å². The molecule has 0 spiro atoms.